The first-order valence-corrected chi connectivity index (χ1v) is 5.63. The molecule has 1 atom stereocenters. The zero-order chi connectivity index (χ0) is 13.1. The molecule has 4 heteroatoms. The number of nitrogens with one attached hydrogen (secondary N) is 1. The zero-order valence-corrected chi connectivity index (χ0v) is 10.5. The Morgan fingerprint density at radius 3 is 2.41 bits per heavy atom. The minimum Gasteiger partial charge on any atom is -0.368 e. The van der Waals surface area contributed by atoms with Gasteiger partial charge in [0.1, 0.15) is 5.82 Å². The van der Waals surface area contributed by atoms with Crippen molar-refractivity contribution < 1.29 is 9.18 Å². The quantitative estimate of drug-likeness (QED) is 0.818. The Morgan fingerprint density at radius 2 is 1.94 bits per heavy atom. The SMILES string of the molecule is CC(Cc1ccc(F)cc1)NC(C)(C)C(N)=O. The van der Waals surface area contributed by atoms with E-state index in [1.54, 1.807) is 26.0 Å². The molecule has 0 aliphatic heterocycles. The van der Waals surface area contributed by atoms with Gasteiger partial charge in [0.15, 0.2) is 0 Å². The van der Waals surface area contributed by atoms with Crippen LogP contribution < -0.4 is 11.1 Å². The number of carbonyl (C=O) groups is 1. The standard InChI is InChI=1S/C13H19FN2O/c1-9(16-13(2,3)12(15)17)8-10-4-6-11(14)7-5-10/h4-7,9,16H,8H2,1-3H3,(H2,15,17). The highest BCUT2D eigenvalue weighted by Gasteiger charge is 2.26. The Bertz CT molecular complexity index is 387. The van der Waals surface area contributed by atoms with E-state index in [1.807, 2.05) is 6.92 Å². The van der Waals surface area contributed by atoms with Crippen LogP contribution in [0.4, 0.5) is 4.39 Å². The first kappa shape index (κ1) is 13.6. The molecule has 3 N–H and O–H groups in total. The first-order chi connectivity index (χ1) is 7.81. The molecule has 3 nitrogen and oxygen atoms in total. The fourth-order valence-corrected chi connectivity index (χ4v) is 1.71. The first-order valence-electron chi connectivity index (χ1n) is 5.63. The number of carbonyl (C=O) groups excluding carboxylic acids is 1. The second kappa shape index (κ2) is 5.27. The molecule has 1 amide bonds. The van der Waals surface area contributed by atoms with Gasteiger partial charge in [-0.3, -0.25) is 4.79 Å². The van der Waals surface area contributed by atoms with Gasteiger partial charge in [-0.15, -0.1) is 0 Å². The monoisotopic (exact) mass is 238 g/mol. The normalized spacial score (nSPS) is 13.4. The predicted octanol–water partition coefficient (Wildman–Crippen LogP) is 1.61. The number of nitrogens with two attached hydrogens (primary N) is 1. The molecule has 0 saturated heterocycles. The molecule has 0 heterocycles. The smallest absolute Gasteiger partial charge is 0.237 e. The number of primary amides is 1. The summed E-state index contributed by atoms with van der Waals surface area (Å²) in [6.07, 6.45) is 0.719. The average molecular weight is 238 g/mol. The van der Waals surface area contributed by atoms with Gasteiger partial charge in [-0.1, -0.05) is 12.1 Å². The van der Waals surface area contributed by atoms with Crippen LogP contribution >= 0.6 is 0 Å². The molecule has 1 aromatic rings. The van der Waals surface area contributed by atoms with Gasteiger partial charge in [0.25, 0.3) is 0 Å². The molecule has 1 unspecified atom stereocenters. The molecule has 0 fully saturated rings. The van der Waals surface area contributed by atoms with E-state index >= 15 is 0 Å². The highest BCUT2D eigenvalue weighted by molar-refractivity contribution is 5.83. The summed E-state index contributed by atoms with van der Waals surface area (Å²) in [6, 6.07) is 6.43. The lowest BCUT2D eigenvalue weighted by Gasteiger charge is -2.27. The molecule has 17 heavy (non-hydrogen) atoms. The predicted molar refractivity (Wildman–Crippen MR) is 66.0 cm³/mol. The lowest BCUT2D eigenvalue weighted by atomic mass is 10.0. The van der Waals surface area contributed by atoms with Crippen LogP contribution in [0, 0.1) is 5.82 Å². The van der Waals surface area contributed by atoms with Crippen LogP contribution in [0.1, 0.15) is 26.3 Å². The van der Waals surface area contributed by atoms with Gasteiger partial charge in [0, 0.05) is 6.04 Å². The Morgan fingerprint density at radius 1 is 1.41 bits per heavy atom. The Kier molecular flexibility index (Phi) is 4.23. The molecular formula is C13H19FN2O. The number of benzene rings is 1. The fourth-order valence-electron chi connectivity index (χ4n) is 1.71. The molecule has 0 aliphatic carbocycles. The van der Waals surface area contributed by atoms with Gasteiger partial charge in [-0.05, 0) is 44.9 Å². The van der Waals surface area contributed by atoms with E-state index in [-0.39, 0.29) is 17.8 Å². The third-order valence-electron chi connectivity index (χ3n) is 2.68. The van der Waals surface area contributed by atoms with E-state index in [0.717, 1.165) is 12.0 Å². The van der Waals surface area contributed by atoms with Crippen molar-refractivity contribution in [2.45, 2.75) is 38.8 Å². The van der Waals surface area contributed by atoms with E-state index in [2.05, 4.69) is 5.32 Å². The third kappa shape index (κ3) is 4.15. The van der Waals surface area contributed by atoms with Gasteiger partial charge in [0.2, 0.25) is 5.91 Å². The zero-order valence-electron chi connectivity index (χ0n) is 10.5. The van der Waals surface area contributed by atoms with Crippen LogP contribution in [0.2, 0.25) is 0 Å². The molecule has 1 rings (SSSR count). The summed E-state index contributed by atoms with van der Waals surface area (Å²) in [5, 5.41) is 3.15. The van der Waals surface area contributed by atoms with Gasteiger partial charge >= 0.3 is 0 Å². The van der Waals surface area contributed by atoms with E-state index in [0.29, 0.717) is 0 Å². The second-order valence-electron chi connectivity index (χ2n) is 4.87. The lowest BCUT2D eigenvalue weighted by Crippen LogP contribution is -2.54. The lowest BCUT2D eigenvalue weighted by molar-refractivity contribution is -0.123. The van der Waals surface area contributed by atoms with E-state index in [4.69, 9.17) is 5.73 Å². The Labute approximate surface area is 101 Å². The van der Waals surface area contributed by atoms with Gasteiger partial charge in [0.05, 0.1) is 5.54 Å². The van der Waals surface area contributed by atoms with E-state index in [1.165, 1.54) is 12.1 Å². The summed E-state index contributed by atoms with van der Waals surface area (Å²) in [4.78, 5) is 11.2. The second-order valence-corrected chi connectivity index (χ2v) is 4.87. The number of rotatable bonds is 5. The minimum atomic E-state index is -0.737. The number of hydrogen-bond acceptors (Lipinski definition) is 2. The van der Waals surface area contributed by atoms with Crippen molar-refractivity contribution >= 4 is 5.91 Å². The third-order valence-corrected chi connectivity index (χ3v) is 2.68. The molecule has 0 saturated carbocycles. The summed E-state index contributed by atoms with van der Waals surface area (Å²) >= 11 is 0. The van der Waals surface area contributed by atoms with Crippen molar-refractivity contribution in [3.63, 3.8) is 0 Å². The maximum absolute atomic E-state index is 12.7. The van der Waals surface area contributed by atoms with Crippen molar-refractivity contribution in [2.75, 3.05) is 0 Å². The molecule has 0 spiro atoms. The maximum Gasteiger partial charge on any atom is 0.237 e. The van der Waals surface area contributed by atoms with Crippen molar-refractivity contribution in [3.8, 4) is 0 Å². The summed E-state index contributed by atoms with van der Waals surface area (Å²) in [5.41, 5.74) is 5.56. The molecule has 0 radical (unpaired) electrons. The summed E-state index contributed by atoms with van der Waals surface area (Å²) in [6.45, 7) is 5.46. The van der Waals surface area contributed by atoms with Crippen LogP contribution in [-0.4, -0.2) is 17.5 Å². The van der Waals surface area contributed by atoms with Crippen LogP contribution in [0.3, 0.4) is 0 Å². The summed E-state index contributed by atoms with van der Waals surface area (Å²) < 4.78 is 12.7. The molecule has 1 aromatic carbocycles. The highest BCUT2D eigenvalue weighted by Crippen LogP contribution is 2.09. The topological polar surface area (TPSA) is 55.1 Å². The van der Waals surface area contributed by atoms with E-state index < -0.39 is 5.54 Å². The van der Waals surface area contributed by atoms with Crippen LogP contribution in [0.15, 0.2) is 24.3 Å². The number of hydrogen-bond donors (Lipinski definition) is 2. The van der Waals surface area contributed by atoms with Crippen LogP contribution in [-0.2, 0) is 11.2 Å². The molecule has 94 valence electrons. The van der Waals surface area contributed by atoms with E-state index in [9.17, 15) is 9.18 Å². The maximum atomic E-state index is 12.7. The molecular weight excluding hydrogens is 219 g/mol. The van der Waals surface area contributed by atoms with Gasteiger partial charge in [-0.2, -0.15) is 0 Å². The van der Waals surface area contributed by atoms with Gasteiger partial charge < -0.3 is 11.1 Å². The highest BCUT2D eigenvalue weighted by atomic mass is 19.1. The van der Waals surface area contributed by atoms with Crippen molar-refractivity contribution in [2.24, 2.45) is 5.73 Å². The van der Waals surface area contributed by atoms with Crippen LogP contribution in [0.5, 0.6) is 0 Å². The van der Waals surface area contributed by atoms with Crippen molar-refractivity contribution in [1.82, 2.24) is 5.32 Å². The van der Waals surface area contributed by atoms with Crippen LogP contribution in [0.25, 0.3) is 0 Å². The Balaban J connectivity index is 2.58. The largest absolute Gasteiger partial charge is 0.368 e. The van der Waals surface area contributed by atoms with Crippen molar-refractivity contribution in [1.29, 1.82) is 0 Å². The summed E-state index contributed by atoms with van der Waals surface area (Å²) in [5.74, 6) is -0.629. The Hall–Kier alpha value is -1.42. The summed E-state index contributed by atoms with van der Waals surface area (Å²) in [7, 11) is 0. The van der Waals surface area contributed by atoms with Gasteiger partial charge in [-0.25, -0.2) is 4.39 Å². The molecule has 0 aliphatic rings. The molecule has 0 aromatic heterocycles. The molecule has 0 bridgehead atoms. The fraction of sp³-hybridized carbons (Fsp3) is 0.462. The van der Waals surface area contributed by atoms with Crippen molar-refractivity contribution in [3.05, 3.63) is 35.6 Å². The average Bonchev–Trinajstić information content (AvgIpc) is 2.20. The number of amides is 1. The minimum absolute atomic E-state index is 0.0861. The number of halogens is 1.